The quantitative estimate of drug-likeness (QED) is 0.544. The zero-order chi connectivity index (χ0) is 23.3. The van der Waals surface area contributed by atoms with Crippen molar-refractivity contribution < 1.29 is 14.3 Å². The molecule has 160 valence electrons. The zero-order valence-electron chi connectivity index (χ0n) is 17.4. The lowest BCUT2D eigenvalue weighted by Gasteiger charge is -2.14. The van der Waals surface area contributed by atoms with E-state index < -0.39 is 5.56 Å². The van der Waals surface area contributed by atoms with E-state index in [9.17, 15) is 20.1 Å². The number of aromatic nitrogens is 1. The lowest BCUT2D eigenvalue weighted by Crippen LogP contribution is -2.20. The van der Waals surface area contributed by atoms with Crippen molar-refractivity contribution in [2.24, 2.45) is 0 Å². The first kappa shape index (κ1) is 21.9. The first-order valence-corrected chi connectivity index (χ1v) is 9.42. The Hall–Kier alpha value is -4.76. The van der Waals surface area contributed by atoms with Crippen LogP contribution in [0, 0.1) is 29.6 Å². The Bertz CT molecular complexity index is 1330. The summed E-state index contributed by atoms with van der Waals surface area (Å²) in [5.74, 6) is 0.0221. The number of aryl methyl sites for hydroxylation is 1. The number of carbonyl (C=O) groups is 1. The molecule has 0 unspecified atom stereocenters. The van der Waals surface area contributed by atoms with Gasteiger partial charge in [0.05, 0.1) is 7.11 Å². The number of nitriles is 2. The lowest BCUT2D eigenvalue weighted by molar-refractivity contribution is -0.118. The number of H-pyrrole nitrogens is 1. The van der Waals surface area contributed by atoms with E-state index in [-0.39, 0.29) is 46.5 Å². The fraction of sp³-hybridized carbons (Fsp3) is 0.130. The highest BCUT2D eigenvalue weighted by Crippen LogP contribution is 2.35. The molecule has 1 aromatic heterocycles. The molecule has 0 saturated carbocycles. The van der Waals surface area contributed by atoms with Crippen LogP contribution in [0.3, 0.4) is 0 Å². The molecule has 0 aliphatic rings. The minimum Gasteiger partial charge on any atom is -0.493 e. The fourth-order valence-corrected chi connectivity index (χ4v) is 3.12. The van der Waals surface area contributed by atoms with E-state index in [1.54, 1.807) is 12.1 Å². The maximum Gasteiger partial charge on any atom is 0.268 e. The Morgan fingerprint density at radius 3 is 2.50 bits per heavy atom. The van der Waals surface area contributed by atoms with Crippen molar-refractivity contribution in [2.45, 2.75) is 6.92 Å². The first-order chi connectivity index (χ1) is 15.4. The lowest BCUT2D eigenvalue weighted by atomic mass is 9.96. The Morgan fingerprint density at radius 1 is 1.12 bits per heavy atom. The van der Waals surface area contributed by atoms with Gasteiger partial charge in [0, 0.05) is 11.3 Å². The normalized spacial score (nSPS) is 10.0. The van der Waals surface area contributed by atoms with E-state index in [2.05, 4.69) is 10.3 Å². The average Bonchev–Trinajstić information content (AvgIpc) is 2.78. The summed E-state index contributed by atoms with van der Waals surface area (Å²) in [5.41, 5.74) is 6.84. The molecule has 0 aliphatic heterocycles. The molecule has 0 saturated heterocycles. The van der Waals surface area contributed by atoms with Gasteiger partial charge in [0.1, 0.15) is 29.1 Å². The second-order valence-corrected chi connectivity index (χ2v) is 6.73. The van der Waals surface area contributed by atoms with Crippen molar-refractivity contribution in [1.29, 1.82) is 10.5 Å². The molecule has 3 aromatic rings. The van der Waals surface area contributed by atoms with Gasteiger partial charge in [0.25, 0.3) is 11.5 Å². The number of benzene rings is 2. The third-order valence-electron chi connectivity index (χ3n) is 4.70. The van der Waals surface area contributed by atoms with Crippen LogP contribution in [0.1, 0.15) is 16.7 Å². The van der Waals surface area contributed by atoms with Gasteiger partial charge < -0.3 is 25.5 Å². The molecule has 9 heteroatoms. The first-order valence-electron chi connectivity index (χ1n) is 9.42. The molecule has 32 heavy (non-hydrogen) atoms. The number of pyridine rings is 1. The van der Waals surface area contributed by atoms with Gasteiger partial charge in [-0.2, -0.15) is 10.5 Å². The van der Waals surface area contributed by atoms with Crippen molar-refractivity contribution in [2.75, 3.05) is 24.8 Å². The molecule has 0 fully saturated rings. The van der Waals surface area contributed by atoms with Crippen molar-refractivity contribution in [3.05, 3.63) is 69.5 Å². The van der Waals surface area contributed by atoms with E-state index in [0.29, 0.717) is 11.3 Å². The Morgan fingerprint density at radius 2 is 1.84 bits per heavy atom. The standard InChI is InChI=1S/C23H19N5O4/c1-13-5-3-4-6-17(13)27-20(29)12-32-18-8-7-14(9-19(18)31-2)21-15(10-24)22(26)28-23(30)16(21)11-25/h3-9H,12H2,1-2H3,(H,27,29)(H3,26,28,30). The van der Waals surface area contributed by atoms with Crippen LogP contribution in [0.4, 0.5) is 11.5 Å². The number of nitrogens with two attached hydrogens (primary N) is 1. The minimum absolute atomic E-state index is 0.0329. The molecule has 0 radical (unpaired) electrons. The Balaban J connectivity index is 1.89. The third-order valence-corrected chi connectivity index (χ3v) is 4.70. The Labute approximate surface area is 183 Å². The van der Waals surface area contributed by atoms with Crippen molar-refractivity contribution in [3.63, 3.8) is 0 Å². The molecular formula is C23H19N5O4. The van der Waals surface area contributed by atoms with Crippen LogP contribution in [0.15, 0.2) is 47.3 Å². The molecule has 1 heterocycles. The minimum atomic E-state index is -0.703. The summed E-state index contributed by atoms with van der Waals surface area (Å²) >= 11 is 0. The number of para-hydroxylation sites is 1. The number of aromatic amines is 1. The molecule has 1 amide bonds. The predicted molar refractivity (Wildman–Crippen MR) is 118 cm³/mol. The number of nitrogen functional groups attached to an aromatic ring is 1. The number of nitrogens with zero attached hydrogens (tertiary/aromatic N) is 2. The number of hydrogen-bond donors (Lipinski definition) is 3. The number of rotatable bonds is 6. The van der Waals surface area contributed by atoms with E-state index >= 15 is 0 Å². The summed E-state index contributed by atoms with van der Waals surface area (Å²) in [6.07, 6.45) is 0. The number of amides is 1. The highest BCUT2D eigenvalue weighted by Gasteiger charge is 2.20. The van der Waals surface area contributed by atoms with Gasteiger partial charge in [-0.15, -0.1) is 0 Å². The molecule has 0 atom stereocenters. The maximum atomic E-state index is 12.3. The molecule has 3 rings (SSSR count). The smallest absolute Gasteiger partial charge is 0.268 e. The van der Waals surface area contributed by atoms with Gasteiger partial charge in [0.15, 0.2) is 18.1 Å². The number of methoxy groups -OCH3 is 1. The highest BCUT2D eigenvalue weighted by atomic mass is 16.5. The van der Waals surface area contributed by atoms with Gasteiger partial charge >= 0.3 is 0 Å². The number of anilines is 2. The van der Waals surface area contributed by atoms with Crippen LogP contribution >= 0.6 is 0 Å². The second-order valence-electron chi connectivity index (χ2n) is 6.73. The van der Waals surface area contributed by atoms with Crippen molar-refractivity contribution in [1.82, 2.24) is 4.98 Å². The maximum absolute atomic E-state index is 12.3. The van der Waals surface area contributed by atoms with Crippen LogP contribution in [-0.4, -0.2) is 24.6 Å². The monoisotopic (exact) mass is 429 g/mol. The third kappa shape index (κ3) is 4.37. The van der Waals surface area contributed by atoms with E-state index in [4.69, 9.17) is 15.2 Å². The molecule has 4 N–H and O–H groups in total. The van der Waals surface area contributed by atoms with Gasteiger partial charge in [-0.3, -0.25) is 9.59 Å². The van der Waals surface area contributed by atoms with Crippen molar-refractivity contribution >= 4 is 17.4 Å². The fourth-order valence-electron chi connectivity index (χ4n) is 3.12. The summed E-state index contributed by atoms with van der Waals surface area (Å²) in [6, 6.07) is 15.7. The number of hydrogen-bond acceptors (Lipinski definition) is 7. The van der Waals surface area contributed by atoms with Crippen LogP contribution < -0.4 is 26.1 Å². The summed E-state index contributed by atoms with van der Waals surface area (Å²) in [7, 11) is 1.40. The summed E-state index contributed by atoms with van der Waals surface area (Å²) in [4.78, 5) is 26.7. The molecule has 0 bridgehead atoms. The van der Waals surface area contributed by atoms with E-state index in [1.807, 2.05) is 37.3 Å². The number of nitrogens with one attached hydrogen (secondary N) is 2. The highest BCUT2D eigenvalue weighted by molar-refractivity contribution is 5.92. The van der Waals surface area contributed by atoms with E-state index in [1.165, 1.54) is 19.2 Å². The van der Waals surface area contributed by atoms with Gasteiger partial charge in [-0.1, -0.05) is 24.3 Å². The molecular weight excluding hydrogens is 410 g/mol. The topological polar surface area (TPSA) is 154 Å². The predicted octanol–water partition coefficient (Wildman–Crippen LogP) is 2.70. The largest absolute Gasteiger partial charge is 0.493 e. The number of carbonyl (C=O) groups excluding carboxylic acids is 1. The molecule has 0 spiro atoms. The molecule has 9 nitrogen and oxygen atoms in total. The number of ether oxygens (including phenoxy) is 2. The van der Waals surface area contributed by atoms with Gasteiger partial charge in [-0.05, 0) is 36.2 Å². The van der Waals surface area contributed by atoms with Crippen LogP contribution in [0.25, 0.3) is 11.1 Å². The van der Waals surface area contributed by atoms with E-state index in [0.717, 1.165) is 5.56 Å². The summed E-state index contributed by atoms with van der Waals surface area (Å²) < 4.78 is 10.9. The SMILES string of the molecule is COc1cc(-c2c(C#N)c(N)[nH]c(=O)c2C#N)ccc1OCC(=O)Nc1ccccc1C. The average molecular weight is 429 g/mol. The Kier molecular flexibility index (Phi) is 6.42. The molecule has 0 aliphatic carbocycles. The van der Waals surface area contributed by atoms with Crippen LogP contribution in [0.2, 0.25) is 0 Å². The van der Waals surface area contributed by atoms with Crippen LogP contribution in [-0.2, 0) is 4.79 Å². The molecule has 2 aromatic carbocycles. The van der Waals surface area contributed by atoms with Gasteiger partial charge in [0.2, 0.25) is 0 Å². The zero-order valence-corrected chi connectivity index (χ0v) is 17.4. The van der Waals surface area contributed by atoms with Gasteiger partial charge in [-0.25, -0.2) is 0 Å². The van der Waals surface area contributed by atoms with Crippen molar-refractivity contribution in [3.8, 4) is 34.8 Å². The summed E-state index contributed by atoms with van der Waals surface area (Å²) in [5, 5.41) is 21.7. The van der Waals surface area contributed by atoms with Crippen LogP contribution in [0.5, 0.6) is 11.5 Å². The summed E-state index contributed by atoms with van der Waals surface area (Å²) in [6.45, 7) is 1.61. The second kappa shape index (κ2) is 9.37.